The zero-order valence-corrected chi connectivity index (χ0v) is 14.2. The zero-order valence-electron chi connectivity index (χ0n) is 13.5. The van der Waals surface area contributed by atoms with E-state index in [2.05, 4.69) is 15.6 Å². The van der Waals surface area contributed by atoms with Gasteiger partial charge in [0.25, 0.3) is 5.91 Å². The van der Waals surface area contributed by atoms with Crippen LogP contribution in [0.1, 0.15) is 10.5 Å². The summed E-state index contributed by atoms with van der Waals surface area (Å²) in [5.74, 6) is 0.326. The van der Waals surface area contributed by atoms with Gasteiger partial charge in [0, 0.05) is 23.3 Å². The second kappa shape index (κ2) is 7.68. The summed E-state index contributed by atoms with van der Waals surface area (Å²) in [5.41, 5.74) is 2.55. The normalized spacial score (nSPS) is 10.2. The average Bonchev–Trinajstić information content (AvgIpc) is 2.63. The number of rotatable bonds is 5. The van der Waals surface area contributed by atoms with Gasteiger partial charge in [-0.3, -0.25) is 9.78 Å². The number of benzene rings is 2. The Morgan fingerprint density at radius 3 is 2.48 bits per heavy atom. The Morgan fingerprint density at radius 1 is 1.00 bits per heavy atom. The van der Waals surface area contributed by atoms with Crippen LogP contribution in [0.5, 0.6) is 5.75 Å². The Balaban J connectivity index is 1.75. The number of halogens is 1. The molecule has 2 aromatic carbocycles. The van der Waals surface area contributed by atoms with E-state index in [9.17, 15) is 4.79 Å². The number of hydrogen-bond donors (Lipinski definition) is 2. The van der Waals surface area contributed by atoms with E-state index in [1.54, 1.807) is 37.6 Å². The predicted octanol–water partition coefficient (Wildman–Crippen LogP) is 4.74. The van der Waals surface area contributed by atoms with Crippen molar-refractivity contribution >= 4 is 34.6 Å². The zero-order chi connectivity index (χ0) is 17.6. The highest BCUT2D eigenvalue weighted by Gasteiger charge is 2.09. The number of para-hydroxylation sites is 1. The van der Waals surface area contributed by atoms with Crippen molar-refractivity contribution in [2.75, 3.05) is 17.7 Å². The summed E-state index contributed by atoms with van der Waals surface area (Å²) in [5, 5.41) is 6.51. The molecule has 0 bridgehead atoms. The van der Waals surface area contributed by atoms with Gasteiger partial charge in [-0.1, -0.05) is 29.8 Å². The molecule has 1 aromatic heterocycles. The van der Waals surface area contributed by atoms with Crippen molar-refractivity contribution in [2.24, 2.45) is 0 Å². The fourth-order valence-electron chi connectivity index (χ4n) is 2.26. The molecule has 1 amide bonds. The Hall–Kier alpha value is -3.05. The van der Waals surface area contributed by atoms with Gasteiger partial charge in [0.2, 0.25) is 0 Å². The lowest BCUT2D eigenvalue weighted by Gasteiger charge is -2.10. The van der Waals surface area contributed by atoms with Crippen LogP contribution in [0.25, 0.3) is 0 Å². The number of methoxy groups -OCH3 is 1. The third-order valence-electron chi connectivity index (χ3n) is 3.46. The molecule has 0 saturated heterocycles. The molecule has 0 aliphatic carbocycles. The molecule has 0 aliphatic heterocycles. The van der Waals surface area contributed by atoms with Crippen LogP contribution >= 0.6 is 11.6 Å². The largest absolute Gasteiger partial charge is 0.495 e. The highest BCUT2D eigenvalue weighted by molar-refractivity contribution is 6.32. The van der Waals surface area contributed by atoms with Crippen molar-refractivity contribution in [1.29, 1.82) is 0 Å². The summed E-state index contributed by atoms with van der Waals surface area (Å²) in [6.07, 6.45) is 1.58. The van der Waals surface area contributed by atoms with Crippen LogP contribution in [-0.2, 0) is 0 Å². The first-order chi connectivity index (χ1) is 12.2. The van der Waals surface area contributed by atoms with Crippen LogP contribution in [0.2, 0.25) is 5.02 Å². The van der Waals surface area contributed by atoms with Gasteiger partial charge < -0.3 is 15.4 Å². The van der Waals surface area contributed by atoms with Gasteiger partial charge in [0.1, 0.15) is 11.4 Å². The summed E-state index contributed by atoms with van der Waals surface area (Å²) in [7, 11) is 1.56. The van der Waals surface area contributed by atoms with Gasteiger partial charge in [0.05, 0.1) is 12.1 Å². The number of nitrogens with zero attached hydrogens (tertiary/aromatic N) is 1. The number of amides is 1. The number of carbonyl (C=O) groups is 1. The van der Waals surface area contributed by atoms with E-state index < -0.39 is 0 Å². The highest BCUT2D eigenvalue weighted by atomic mass is 35.5. The monoisotopic (exact) mass is 353 g/mol. The van der Waals surface area contributed by atoms with E-state index in [1.165, 1.54) is 0 Å². The van der Waals surface area contributed by atoms with Crippen LogP contribution < -0.4 is 15.4 Å². The smallest absolute Gasteiger partial charge is 0.274 e. The number of aromatic nitrogens is 1. The molecule has 126 valence electrons. The molecular weight excluding hydrogens is 338 g/mol. The third-order valence-corrected chi connectivity index (χ3v) is 3.76. The van der Waals surface area contributed by atoms with Crippen LogP contribution in [0, 0.1) is 0 Å². The maximum Gasteiger partial charge on any atom is 0.274 e. The molecule has 5 nitrogen and oxygen atoms in total. The number of pyridine rings is 1. The molecule has 3 aromatic rings. The Kier molecular flexibility index (Phi) is 5.16. The first-order valence-electron chi connectivity index (χ1n) is 7.59. The SMILES string of the molecule is COc1ccc(Nc2ccnc(C(=O)Nc3ccccc3)c2)cc1Cl. The van der Waals surface area contributed by atoms with Gasteiger partial charge in [-0.25, -0.2) is 0 Å². The Bertz CT molecular complexity index is 885. The minimum Gasteiger partial charge on any atom is -0.495 e. The standard InChI is InChI=1S/C19H16ClN3O2/c1-25-18-8-7-14(11-16(18)20)22-15-9-10-21-17(12-15)19(24)23-13-5-3-2-4-6-13/h2-12H,1H3,(H,21,22)(H,23,24). The van der Waals surface area contributed by atoms with E-state index in [-0.39, 0.29) is 5.91 Å². The molecule has 0 saturated carbocycles. The van der Waals surface area contributed by atoms with E-state index in [0.29, 0.717) is 16.5 Å². The summed E-state index contributed by atoms with van der Waals surface area (Å²) in [6, 6.07) is 18.1. The summed E-state index contributed by atoms with van der Waals surface area (Å²) < 4.78 is 5.13. The molecule has 0 unspecified atom stereocenters. The number of ether oxygens (including phenoxy) is 1. The number of anilines is 3. The van der Waals surface area contributed by atoms with E-state index in [4.69, 9.17) is 16.3 Å². The lowest BCUT2D eigenvalue weighted by Crippen LogP contribution is -2.13. The second-order valence-electron chi connectivity index (χ2n) is 5.22. The average molecular weight is 354 g/mol. The molecule has 0 atom stereocenters. The van der Waals surface area contributed by atoms with Crippen molar-refractivity contribution in [1.82, 2.24) is 4.98 Å². The third kappa shape index (κ3) is 4.28. The van der Waals surface area contributed by atoms with Gasteiger partial charge in [0.15, 0.2) is 0 Å². The minimum atomic E-state index is -0.275. The van der Waals surface area contributed by atoms with E-state index in [1.807, 2.05) is 36.4 Å². The minimum absolute atomic E-state index is 0.275. The van der Waals surface area contributed by atoms with Crippen molar-refractivity contribution < 1.29 is 9.53 Å². The fraction of sp³-hybridized carbons (Fsp3) is 0.0526. The lowest BCUT2D eigenvalue weighted by atomic mass is 10.2. The number of hydrogen-bond acceptors (Lipinski definition) is 4. The molecule has 1 heterocycles. The van der Waals surface area contributed by atoms with Crippen LogP contribution in [0.3, 0.4) is 0 Å². The van der Waals surface area contributed by atoms with Gasteiger partial charge >= 0.3 is 0 Å². The van der Waals surface area contributed by atoms with Crippen LogP contribution in [0.15, 0.2) is 66.9 Å². The summed E-state index contributed by atoms with van der Waals surface area (Å²) >= 11 is 6.13. The lowest BCUT2D eigenvalue weighted by molar-refractivity contribution is 0.102. The second-order valence-corrected chi connectivity index (χ2v) is 5.63. The molecule has 0 radical (unpaired) electrons. The first kappa shape index (κ1) is 16.8. The Labute approximate surface area is 150 Å². The maximum atomic E-state index is 12.3. The molecule has 0 fully saturated rings. The van der Waals surface area contributed by atoms with E-state index in [0.717, 1.165) is 17.1 Å². The molecule has 25 heavy (non-hydrogen) atoms. The van der Waals surface area contributed by atoms with E-state index >= 15 is 0 Å². The quantitative estimate of drug-likeness (QED) is 0.695. The van der Waals surface area contributed by atoms with Crippen LogP contribution in [0.4, 0.5) is 17.1 Å². The number of nitrogens with one attached hydrogen (secondary N) is 2. The fourth-order valence-corrected chi connectivity index (χ4v) is 2.52. The molecular formula is C19H16ClN3O2. The molecule has 0 spiro atoms. The molecule has 6 heteroatoms. The summed E-state index contributed by atoms with van der Waals surface area (Å²) in [6.45, 7) is 0. The molecule has 0 aliphatic rings. The predicted molar refractivity (Wildman–Crippen MR) is 99.9 cm³/mol. The highest BCUT2D eigenvalue weighted by Crippen LogP contribution is 2.28. The molecule has 2 N–H and O–H groups in total. The van der Waals surface area contributed by atoms with Crippen LogP contribution in [-0.4, -0.2) is 18.0 Å². The first-order valence-corrected chi connectivity index (χ1v) is 7.96. The summed E-state index contributed by atoms with van der Waals surface area (Å²) in [4.78, 5) is 16.4. The van der Waals surface area contributed by atoms with Gasteiger partial charge in [-0.2, -0.15) is 0 Å². The van der Waals surface area contributed by atoms with Gasteiger partial charge in [-0.15, -0.1) is 0 Å². The molecule has 3 rings (SSSR count). The van der Waals surface area contributed by atoms with Crippen molar-refractivity contribution in [2.45, 2.75) is 0 Å². The number of carbonyl (C=O) groups excluding carboxylic acids is 1. The van der Waals surface area contributed by atoms with Crippen molar-refractivity contribution in [3.63, 3.8) is 0 Å². The topological polar surface area (TPSA) is 63.2 Å². The van der Waals surface area contributed by atoms with Gasteiger partial charge in [-0.05, 0) is 42.5 Å². The van der Waals surface area contributed by atoms with Crippen molar-refractivity contribution in [3.8, 4) is 5.75 Å². The van der Waals surface area contributed by atoms with Crippen molar-refractivity contribution in [3.05, 3.63) is 77.6 Å². The Morgan fingerprint density at radius 2 is 1.76 bits per heavy atom. The maximum absolute atomic E-state index is 12.3.